The van der Waals surface area contributed by atoms with E-state index in [1.807, 2.05) is 11.4 Å². The molecule has 1 aromatic heterocycles. The minimum atomic E-state index is 0.0747. The summed E-state index contributed by atoms with van der Waals surface area (Å²) in [5.41, 5.74) is 2.38. The van der Waals surface area contributed by atoms with Crippen LogP contribution in [0.15, 0.2) is 51.9 Å². The van der Waals surface area contributed by atoms with Crippen molar-refractivity contribution in [3.05, 3.63) is 62.2 Å². The third kappa shape index (κ3) is 3.77. The maximum atomic E-state index is 9.70. The molecule has 1 N–H and O–H groups in total. The number of hydrogen-bond acceptors (Lipinski definition) is 5. The summed E-state index contributed by atoms with van der Waals surface area (Å²) in [7, 11) is 3.20. The SMILES string of the molecule is CN=c1scc(-c2ccc(Cl)cc2Cl)n1/N=C/c1ccc(O)c(OC)c1. The van der Waals surface area contributed by atoms with Crippen LogP contribution in [0.3, 0.4) is 0 Å². The molecular formula is C18H15Cl2N3O2S. The average Bonchev–Trinajstić information content (AvgIpc) is 3.03. The van der Waals surface area contributed by atoms with Crippen LogP contribution in [0.4, 0.5) is 0 Å². The van der Waals surface area contributed by atoms with Crippen LogP contribution in [0.5, 0.6) is 11.5 Å². The predicted octanol–water partition coefficient (Wildman–Crippen LogP) is 4.65. The van der Waals surface area contributed by atoms with Gasteiger partial charge in [-0.15, -0.1) is 11.3 Å². The molecule has 0 saturated carbocycles. The zero-order chi connectivity index (χ0) is 18.7. The van der Waals surface area contributed by atoms with Crippen LogP contribution >= 0.6 is 34.5 Å². The second-order valence-electron chi connectivity index (χ2n) is 5.24. The first-order valence-electron chi connectivity index (χ1n) is 7.53. The lowest BCUT2D eigenvalue weighted by Crippen LogP contribution is -2.11. The molecule has 26 heavy (non-hydrogen) atoms. The number of aromatic nitrogens is 1. The molecule has 0 amide bonds. The number of thiazole rings is 1. The minimum Gasteiger partial charge on any atom is -0.504 e. The van der Waals surface area contributed by atoms with E-state index < -0.39 is 0 Å². The summed E-state index contributed by atoms with van der Waals surface area (Å²) in [4.78, 5) is 4.97. The average molecular weight is 408 g/mol. The third-order valence-corrected chi connectivity index (χ3v) is 5.07. The molecule has 0 radical (unpaired) electrons. The molecule has 3 rings (SSSR count). The normalized spacial score (nSPS) is 12.1. The molecule has 0 aliphatic rings. The van der Waals surface area contributed by atoms with Crippen LogP contribution < -0.4 is 9.54 Å². The Morgan fingerprint density at radius 3 is 2.69 bits per heavy atom. The van der Waals surface area contributed by atoms with E-state index in [4.69, 9.17) is 27.9 Å². The molecule has 134 valence electrons. The molecule has 0 atom stereocenters. The number of hydrogen-bond donors (Lipinski definition) is 1. The van der Waals surface area contributed by atoms with E-state index in [-0.39, 0.29) is 5.75 Å². The van der Waals surface area contributed by atoms with Gasteiger partial charge in [0.2, 0.25) is 4.80 Å². The molecule has 0 saturated heterocycles. The summed E-state index contributed by atoms with van der Waals surface area (Å²) in [6, 6.07) is 10.3. The summed E-state index contributed by atoms with van der Waals surface area (Å²) in [5.74, 6) is 0.455. The molecule has 2 aromatic carbocycles. The summed E-state index contributed by atoms with van der Waals surface area (Å²) in [5, 5.41) is 17.3. The van der Waals surface area contributed by atoms with Crippen LogP contribution in [-0.4, -0.2) is 30.2 Å². The second-order valence-corrected chi connectivity index (χ2v) is 6.92. The highest BCUT2D eigenvalue weighted by molar-refractivity contribution is 7.07. The van der Waals surface area contributed by atoms with Gasteiger partial charge in [0, 0.05) is 23.0 Å². The Labute approximate surface area is 164 Å². The van der Waals surface area contributed by atoms with Crippen molar-refractivity contribution >= 4 is 40.8 Å². The third-order valence-electron chi connectivity index (χ3n) is 3.61. The van der Waals surface area contributed by atoms with Crippen LogP contribution in [-0.2, 0) is 0 Å². The molecule has 1 heterocycles. The van der Waals surface area contributed by atoms with E-state index >= 15 is 0 Å². The fourth-order valence-electron chi connectivity index (χ4n) is 2.34. The molecule has 0 aliphatic carbocycles. The first kappa shape index (κ1) is 18.5. The zero-order valence-electron chi connectivity index (χ0n) is 14.0. The number of rotatable bonds is 4. The van der Waals surface area contributed by atoms with Crippen molar-refractivity contribution in [2.45, 2.75) is 0 Å². The van der Waals surface area contributed by atoms with Crippen molar-refractivity contribution in [1.82, 2.24) is 4.68 Å². The maximum Gasteiger partial charge on any atom is 0.205 e. The smallest absolute Gasteiger partial charge is 0.205 e. The summed E-state index contributed by atoms with van der Waals surface area (Å²) < 4.78 is 6.83. The Balaban J connectivity index is 2.06. The van der Waals surface area contributed by atoms with E-state index in [1.165, 1.54) is 18.4 Å². The van der Waals surface area contributed by atoms with E-state index in [2.05, 4.69) is 10.1 Å². The summed E-state index contributed by atoms with van der Waals surface area (Å²) >= 11 is 13.8. The molecule has 5 nitrogen and oxygen atoms in total. The molecule has 0 unspecified atom stereocenters. The van der Waals surface area contributed by atoms with Crippen LogP contribution in [0.1, 0.15) is 5.56 Å². The molecular weight excluding hydrogens is 393 g/mol. The van der Waals surface area contributed by atoms with E-state index in [0.717, 1.165) is 16.8 Å². The lowest BCUT2D eigenvalue weighted by Gasteiger charge is -2.06. The lowest BCUT2D eigenvalue weighted by atomic mass is 10.2. The van der Waals surface area contributed by atoms with Gasteiger partial charge in [0.25, 0.3) is 0 Å². The molecule has 0 spiro atoms. The molecule has 0 aliphatic heterocycles. The van der Waals surface area contributed by atoms with E-state index in [0.29, 0.717) is 20.6 Å². The molecule has 0 fully saturated rings. The van der Waals surface area contributed by atoms with E-state index in [1.54, 1.807) is 48.3 Å². The first-order chi connectivity index (χ1) is 12.5. The number of benzene rings is 2. The van der Waals surface area contributed by atoms with Gasteiger partial charge < -0.3 is 9.84 Å². The largest absolute Gasteiger partial charge is 0.504 e. The second kappa shape index (κ2) is 7.95. The lowest BCUT2D eigenvalue weighted by molar-refractivity contribution is 0.373. The summed E-state index contributed by atoms with van der Waals surface area (Å²) in [6.07, 6.45) is 1.66. The standard InChI is InChI=1S/C18H15Cl2N3O2S/c1-21-18-23(22-9-11-3-6-16(24)17(7-11)25-2)15(10-26-18)13-5-4-12(19)8-14(13)20/h3-10,24H,1-2H3/b21-18?,22-9+. The van der Waals surface area contributed by atoms with Crippen LogP contribution in [0, 0.1) is 0 Å². The van der Waals surface area contributed by atoms with Crippen molar-refractivity contribution in [2.75, 3.05) is 14.2 Å². The molecule has 3 aromatic rings. The molecule has 0 bridgehead atoms. The Bertz CT molecular complexity index is 1040. The fourth-order valence-corrected chi connectivity index (χ4v) is 3.64. The van der Waals surface area contributed by atoms with Gasteiger partial charge in [-0.25, -0.2) is 4.68 Å². The van der Waals surface area contributed by atoms with Gasteiger partial charge in [0.1, 0.15) is 0 Å². The van der Waals surface area contributed by atoms with Gasteiger partial charge in [0.15, 0.2) is 11.5 Å². The highest BCUT2D eigenvalue weighted by atomic mass is 35.5. The quantitative estimate of drug-likeness (QED) is 0.639. The maximum absolute atomic E-state index is 9.70. The Hall–Kier alpha value is -2.28. The monoisotopic (exact) mass is 407 g/mol. The number of methoxy groups -OCH3 is 1. The van der Waals surface area contributed by atoms with Gasteiger partial charge in [-0.3, -0.25) is 4.99 Å². The minimum absolute atomic E-state index is 0.0747. The van der Waals surface area contributed by atoms with Crippen LogP contribution in [0.25, 0.3) is 11.3 Å². The fraction of sp³-hybridized carbons (Fsp3) is 0.111. The van der Waals surface area contributed by atoms with Gasteiger partial charge in [-0.05, 0) is 42.0 Å². The van der Waals surface area contributed by atoms with E-state index in [9.17, 15) is 5.11 Å². The number of phenolic OH excluding ortho intramolecular Hbond substituents is 1. The van der Waals surface area contributed by atoms with Gasteiger partial charge in [-0.1, -0.05) is 23.2 Å². The Kier molecular flexibility index (Phi) is 5.66. The topological polar surface area (TPSA) is 59.1 Å². The first-order valence-corrected chi connectivity index (χ1v) is 9.17. The summed E-state index contributed by atoms with van der Waals surface area (Å²) in [6.45, 7) is 0. The highest BCUT2D eigenvalue weighted by Gasteiger charge is 2.11. The highest BCUT2D eigenvalue weighted by Crippen LogP contribution is 2.31. The number of phenols is 1. The number of nitrogens with zero attached hydrogens (tertiary/aromatic N) is 3. The van der Waals surface area contributed by atoms with Crippen molar-refractivity contribution in [2.24, 2.45) is 10.1 Å². The predicted molar refractivity (Wildman–Crippen MR) is 107 cm³/mol. The number of halogens is 2. The van der Waals surface area contributed by atoms with Crippen molar-refractivity contribution in [1.29, 1.82) is 0 Å². The van der Waals surface area contributed by atoms with Crippen LogP contribution in [0.2, 0.25) is 10.0 Å². The van der Waals surface area contributed by atoms with Crippen molar-refractivity contribution < 1.29 is 9.84 Å². The number of ether oxygens (including phenoxy) is 1. The van der Waals surface area contributed by atoms with Crippen molar-refractivity contribution in [3.8, 4) is 22.8 Å². The van der Waals surface area contributed by atoms with Gasteiger partial charge in [-0.2, -0.15) is 5.10 Å². The Morgan fingerprint density at radius 2 is 2.00 bits per heavy atom. The van der Waals surface area contributed by atoms with Crippen molar-refractivity contribution in [3.63, 3.8) is 0 Å². The Morgan fingerprint density at radius 1 is 1.19 bits per heavy atom. The number of aromatic hydroxyl groups is 1. The zero-order valence-corrected chi connectivity index (χ0v) is 16.3. The van der Waals surface area contributed by atoms with Gasteiger partial charge >= 0.3 is 0 Å². The molecule has 8 heteroatoms. The van der Waals surface area contributed by atoms with Gasteiger partial charge in [0.05, 0.1) is 24.0 Å².